The lowest BCUT2D eigenvalue weighted by molar-refractivity contribution is 0.125. The molecule has 2 rings (SSSR count). The fourth-order valence-electron chi connectivity index (χ4n) is 2.57. The zero-order valence-corrected chi connectivity index (χ0v) is 7.94. The van der Waals surface area contributed by atoms with Crippen molar-refractivity contribution in [3.63, 3.8) is 0 Å². The molecule has 0 amide bonds. The highest BCUT2D eigenvalue weighted by Gasteiger charge is 2.54. The van der Waals surface area contributed by atoms with Gasteiger partial charge in [-0.2, -0.15) is 0 Å². The van der Waals surface area contributed by atoms with Crippen LogP contribution in [0.3, 0.4) is 0 Å². The third-order valence-electron chi connectivity index (χ3n) is 4.16. The quantitative estimate of drug-likeness (QED) is 0.514. The van der Waals surface area contributed by atoms with Gasteiger partial charge in [0, 0.05) is 18.0 Å². The summed E-state index contributed by atoms with van der Waals surface area (Å²) >= 11 is 0. The van der Waals surface area contributed by atoms with E-state index in [4.69, 9.17) is 0 Å². The predicted molar refractivity (Wildman–Crippen MR) is 47.3 cm³/mol. The zero-order valence-electron chi connectivity index (χ0n) is 7.94. The van der Waals surface area contributed by atoms with Crippen molar-refractivity contribution < 1.29 is 0 Å². The van der Waals surface area contributed by atoms with E-state index < -0.39 is 0 Å². The Hall–Kier alpha value is -0.460. The number of hydrogen-bond donors (Lipinski definition) is 0. The van der Waals surface area contributed by atoms with E-state index >= 15 is 0 Å². The Morgan fingerprint density at radius 2 is 2.00 bits per heavy atom. The summed E-state index contributed by atoms with van der Waals surface area (Å²) in [5.74, 6) is 0. The molecule has 1 saturated carbocycles. The fourth-order valence-corrected chi connectivity index (χ4v) is 2.57. The summed E-state index contributed by atoms with van der Waals surface area (Å²) in [5, 5.41) is 0. The van der Waals surface area contributed by atoms with Crippen LogP contribution in [0.25, 0.3) is 0 Å². The van der Waals surface area contributed by atoms with E-state index in [-0.39, 0.29) is 0 Å². The van der Waals surface area contributed by atoms with Crippen LogP contribution in [-0.2, 0) is 0 Å². The molecule has 2 aliphatic rings. The van der Waals surface area contributed by atoms with Gasteiger partial charge in [-0.3, -0.25) is 0 Å². The third-order valence-corrected chi connectivity index (χ3v) is 4.16. The smallest absolute Gasteiger partial charge is 0.0457 e. The molecule has 0 saturated heterocycles. The number of rotatable bonds is 0. The van der Waals surface area contributed by atoms with E-state index in [0.29, 0.717) is 11.0 Å². The van der Waals surface area contributed by atoms with Crippen LogP contribution in [-0.4, -0.2) is 17.5 Å². The molecule has 1 heteroatoms. The first kappa shape index (κ1) is 7.20. The lowest BCUT2D eigenvalue weighted by Crippen LogP contribution is -2.45. The van der Waals surface area contributed by atoms with Gasteiger partial charge in [0.05, 0.1) is 0 Å². The normalized spacial score (nSPS) is 39.6. The van der Waals surface area contributed by atoms with Gasteiger partial charge in [-0.15, -0.1) is 0 Å². The number of fused-ring (bicyclic) bond motifs is 2. The summed E-state index contributed by atoms with van der Waals surface area (Å²) in [4.78, 5) is 2.39. The Labute approximate surface area is 69.1 Å². The largest absolute Gasteiger partial charge is 0.374 e. The Balaban J connectivity index is 2.50. The first-order chi connectivity index (χ1) is 4.98. The molecule has 0 aromatic rings. The summed E-state index contributed by atoms with van der Waals surface area (Å²) in [6.07, 6.45) is 4.99. The Kier molecular flexibility index (Phi) is 1.08. The summed E-state index contributed by atoms with van der Waals surface area (Å²) < 4.78 is 0. The van der Waals surface area contributed by atoms with Crippen LogP contribution in [0, 0.1) is 5.41 Å². The van der Waals surface area contributed by atoms with Crippen LogP contribution in [0.1, 0.15) is 33.6 Å². The number of nitrogens with zero attached hydrogens (tertiary/aromatic N) is 1. The highest BCUT2D eigenvalue weighted by atomic mass is 15.2. The monoisotopic (exact) mass is 151 g/mol. The summed E-state index contributed by atoms with van der Waals surface area (Å²) in [7, 11) is 2.20. The SMILES string of the molecule is CN1C=C2CCC1(C)C2(C)C. The summed E-state index contributed by atoms with van der Waals surface area (Å²) in [5.41, 5.74) is 2.46. The van der Waals surface area contributed by atoms with Crippen LogP contribution >= 0.6 is 0 Å². The molecular weight excluding hydrogens is 134 g/mol. The molecule has 1 heterocycles. The molecule has 0 aromatic heterocycles. The van der Waals surface area contributed by atoms with Crippen LogP contribution in [0.15, 0.2) is 11.8 Å². The third kappa shape index (κ3) is 0.582. The first-order valence-corrected chi connectivity index (χ1v) is 4.42. The van der Waals surface area contributed by atoms with Gasteiger partial charge in [-0.1, -0.05) is 13.8 Å². The van der Waals surface area contributed by atoms with Crippen LogP contribution in [0.5, 0.6) is 0 Å². The van der Waals surface area contributed by atoms with Crippen molar-refractivity contribution in [3.8, 4) is 0 Å². The van der Waals surface area contributed by atoms with Gasteiger partial charge in [0.25, 0.3) is 0 Å². The highest BCUT2D eigenvalue weighted by molar-refractivity contribution is 5.32. The summed E-state index contributed by atoms with van der Waals surface area (Å²) in [6.45, 7) is 7.12. The molecule has 1 nitrogen and oxygen atoms in total. The maximum absolute atomic E-state index is 2.39. The molecule has 1 fully saturated rings. The molecule has 62 valence electrons. The first-order valence-electron chi connectivity index (χ1n) is 4.42. The Morgan fingerprint density at radius 1 is 1.36 bits per heavy atom. The lowest BCUT2D eigenvalue weighted by atomic mass is 9.76. The highest BCUT2D eigenvalue weighted by Crippen LogP contribution is 2.56. The molecule has 0 spiro atoms. The minimum Gasteiger partial charge on any atom is -0.374 e. The van der Waals surface area contributed by atoms with Crippen molar-refractivity contribution in [1.29, 1.82) is 0 Å². The van der Waals surface area contributed by atoms with Gasteiger partial charge in [-0.05, 0) is 31.5 Å². The van der Waals surface area contributed by atoms with Crippen LogP contribution < -0.4 is 0 Å². The predicted octanol–water partition coefficient (Wildman–Crippen LogP) is 2.39. The van der Waals surface area contributed by atoms with Gasteiger partial charge in [0.2, 0.25) is 0 Å². The maximum atomic E-state index is 2.39. The molecule has 1 aliphatic carbocycles. The van der Waals surface area contributed by atoms with Gasteiger partial charge in [-0.25, -0.2) is 0 Å². The van der Waals surface area contributed by atoms with Crippen molar-refractivity contribution in [2.45, 2.75) is 39.2 Å². The average molecular weight is 151 g/mol. The molecule has 11 heavy (non-hydrogen) atoms. The van der Waals surface area contributed by atoms with Crippen molar-refractivity contribution in [3.05, 3.63) is 11.8 Å². The van der Waals surface area contributed by atoms with Crippen molar-refractivity contribution in [1.82, 2.24) is 4.90 Å². The lowest BCUT2D eigenvalue weighted by Gasteiger charge is -2.40. The molecule has 1 unspecified atom stereocenters. The molecule has 0 N–H and O–H groups in total. The second-order valence-electron chi connectivity index (χ2n) is 4.66. The number of hydrogen-bond acceptors (Lipinski definition) is 1. The van der Waals surface area contributed by atoms with E-state index in [1.54, 1.807) is 5.57 Å². The molecule has 1 aliphatic heterocycles. The second-order valence-corrected chi connectivity index (χ2v) is 4.66. The van der Waals surface area contributed by atoms with E-state index in [1.165, 1.54) is 12.8 Å². The molecular formula is C10H17N. The Bertz CT molecular complexity index is 227. The second kappa shape index (κ2) is 1.65. The standard InChI is InChI=1S/C10H17N/c1-9(2)8-5-6-10(9,3)11(4)7-8/h7H,5-6H2,1-4H3. The zero-order chi connectivity index (χ0) is 8.28. The topological polar surface area (TPSA) is 3.24 Å². The minimum atomic E-state index is 0.405. The van der Waals surface area contributed by atoms with Crippen molar-refractivity contribution >= 4 is 0 Å². The van der Waals surface area contributed by atoms with Crippen molar-refractivity contribution in [2.75, 3.05) is 7.05 Å². The van der Waals surface area contributed by atoms with E-state index in [1.807, 2.05) is 0 Å². The maximum Gasteiger partial charge on any atom is 0.0457 e. The van der Waals surface area contributed by atoms with Gasteiger partial charge >= 0.3 is 0 Å². The van der Waals surface area contributed by atoms with Crippen LogP contribution in [0.2, 0.25) is 0 Å². The van der Waals surface area contributed by atoms with E-state index in [0.717, 1.165) is 0 Å². The average Bonchev–Trinajstić information content (AvgIpc) is 2.20. The molecule has 0 radical (unpaired) electrons. The van der Waals surface area contributed by atoms with Gasteiger partial charge in [0.1, 0.15) is 0 Å². The van der Waals surface area contributed by atoms with E-state index in [2.05, 4.69) is 38.9 Å². The molecule has 2 bridgehead atoms. The minimum absolute atomic E-state index is 0.405. The molecule has 0 aromatic carbocycles. The fraction of sp³-hybridized carbons (Fsp3) is 0.800. The molecule has 1 atom stereocenters. The van der Waals surface area contributed by atoms with Gasteiger partial charge < -0.3 is 4.90 Å². The van der Waals surface area contributed by atoms with E-state index in [9.17, 15) is 0 Å². The Morgan fingerprint density at radius 3 is 2.18 bits per heavy atom. The van der Waals surface area contributed by atoms with Crippen molar-refractivity contribution in [2.24, 2.45) is 5.41 Å². The summed E-state index contributed by atoms with van der Waals surface area (Å²) in [6, 6.07) is 0. The van der Waals surface area contributed by atoms with Gasteiger partial charge in [0.15, 0.2) is 0 Å². The van der Waals surface area contributed by atoms with Crippen LogP contribution in [0.4, 0.5) is 0 Å².